The van der Waals surface area contributed by atoms with Crippen LogP contribution in [0.25, 0.3) is 10.1 Å². The summed E-state index contributed by atoms with van der Waals surface area (Å²) in [4.78, 5) is 26.1. The standard InChI is InChI=1S/C46H56O5SSi/c1-34-31-41(51-45-27-17-18-30-50-45)40(39(34)24-13-5-6-14-26-44(47)49-4)29-28-36(43-32-35-19-15-16-25-42(35)52-43)33-46(2,3)53(48,37-20-9-7-10-21-37)38-22-11-8-12-23-38/h5,7-13,15-16,19-23,25,28-29,32,36,39-41,45,48H,1,6,14,17-18,24,26-27,30-31,33H2,2-4H3/b13-5-,29-28+/t36-,39-,40+,41+,45?/m0/s1. The summed E-state index contributed by atoms with van der Waals surface area (Å²) in [6.07, 6.45) is 16.7. The molecule has 2 aliphatic rings. The summed E-state index contributed by atoms with van der Waals surface area (Å²) in [5.74, 6) is 0.270. The molecule has 2 heterocycles. The second-order valence-electron chi connectivity index (χ2n) is 15.4. The summed E-state index contributed by atoms with van der Waals surface area (Å²) in [5.41, 5.74) is 1.22. The quantitative estimate of drug-likeness (QED) is 0.0535. The van der Waals surface area contributed by atoms with Crippen LogP contribution < -0.4 is 10.4 Å². The second kappa shape index (κ2) is 18.2. The number of carbonyl (C=O) groups excluding carboxylic acids is 1. The Morgan fingerprint density at radius 1 is 1.02 bits per heavy atom. The Balaban J connectivity index is 1.34. The van der Waals surface area contributed by atoms with Gasteiger partial charge < -0.3 is 19.0 Å². The SMILES string of the molecule is C=C1C[C@@H](OC2CCCCO2)[C@H](/C=C/[C@@H](CC(C)(C)[Si](O)(c2ccccc2)c2ccccc2)c2cc3ccccc3s2)[C@H]1C/C=C\CCCC(=O)OC. The minimum absolute atomic E-state index is 0.0180. The van der Waals surface area contributed by atoms with Crippen molar-refractivity contribution in [1.29, 1.82) is 0 Å². The van der Waals surface area contributed by atoms with Gasteiger partial charge in [-0.2, -0.15) is 0 Å². The van der Waals surface area contributed by atoms with Crippen molar-refractivity contribution in [2.75, 3.05) is 13.7 Å². The number of ether oxygens (including phenoxy) is 3. The predicted molar refractivity (Wildman–Crippen MR) is 221 cm³/mol. The van der Waals surface area contributed by atoms with Gasteiger partial charge in [0.2, 0.25) is 0 Å². The number of allylic oxidation sites excluding steroid dienone is 3. The van der Waals surface area contributed by atoms with E-state index in [2.05, 4.69) is 99.3 Å². The van der Waals surface area contributed by atoms with Gasteiger partial charge in [-0.15, -0.1) is 11.3 Å². The molecule has 1 unspecified atom stereocenters. The Labute approximate surface area is 321 Å². The van der Waals surface area contributed by atoms with Crippen molar-refractivity contribution in [3.63, 3.8) is 0 Å². The maximum absolute atomic E-state index is 13.1. The number of carbonyl (C=O) groups is 1. The van der Waals surface area contributed by atoms with Crippen molar-refractivity contribution in [3.05, 3.63) is 132 Å². The van der Waals surface area contributed by atoms with E-state index in [1.54, 1.807) is 0 Å². The van der Waals surface area contributed by atoms with Gasteiger partial charge in [-0.05, 0) is 90.2 Å². The molecule has 7 heteroatoms. The molecule has 1 aliphatic carbocycles. The number of thiophene rings is 1. The molecule has 1 aliphatic heterocycles. The maximum atomic E-state index is 13.1. The lowest BCUT2D eigenvalue weighted by molar-refractivity contribution is -0.192. The van der Waals surface area contributed by atoms with E-state index < -0.39 is 13.4 Å². The molecule has 5 nitrogen and oxygen atoms in total. The van der Waals surface area contributed by atoms with Crippen LogP contribution in [0.5, 0.6) is 0 Å². The van der Waals surface area contributed by atoms with Gasteiger partial charge in [0.1, 0.15) is 0 Å². The lowest BCUT2D eigenvalue weighted by atomic mass is 9.87. The Kier molecular flexibility index (Phi) is 13.4. The van der Waals surface area contributed by atoms with Crippen LogP contribution in [0.15, 0.2) is 127 Å². The Morgan fingerprint density at radius 2 is 1.72 bits per heavy atom. The van der Waals surface area contributed by atoms with Gasteiger partial charge >= 0.3 is 5.97 Å². The molecule has 1 aromatic heterocycles. The molecule has 2 fully saturated rings. The third-order valence-electron chi connectivity index (χ3n) is 11.4. The van der Waals surface area contributed by atoms with Gasteiger partial charge in [0.05, 0.1) is 13.2 Å². The van der Waals surface area contributed by atoms with Crippen LogP contribution >= 0.6 is 11.3 Å². The summed E-state index contributed by atoms with van der Waals surface area (Å²) in [5, 5.41) is 2.88. The molecule has 6 rings (SSSR count). The average molecular weight is 749 g/mol. The number of rotatable bonds is 16. The molecule has 53 heavy (non-hydrogen) atoms. The predicted octanol–water partition coefficient (Wildman–Crippen LogP) is 9.86. The molecule has 3 aromatic carbocycles. The van der Waals surface area contributed by atoms with E-state index in [-0.39, 0.29) is 36.1 Å². The van der Waals surface area contributed by atoms with Crippen LogP contribution in [0.1, 0.15) is 82.4 Å². The first kappa shape index (κ1) is 39.1. The number of hydrogen-bond acceptors (Lipinski definition) is 6. The fourth-order valence-corrected chi connectivity index (χ4v) is 13.3. The first-order chi connectivity index (χ1) is 25.7. The first-order valence-corrected chi connectivity index (χ1v) is 22.1. The van der Waals surface area contributed by atoms with Gasteiger partial charge in [0.15, 0.2) is 6.29 Å². The van der Waals surface area contributed by atoms with E-state index in [0.29, 0.717) is 6.42 Å². The van der Waals surface area contributed by atoms with E-state index >= 15 is 0 Å². The van der Waals surface area contributed by atoms with E-state index in [4.69, 9.17) is 14.2 Å². The van der Waals surface area contributed by atoms with Crippen LogP contribution in [-0.4, -0.2) is 45.2 Å². The van der Waals surface area contributed by atoms with E-state index in [0.717, 1.165) is 68.3 Å². The Bertz CT molecular complexity index is 1770. The molecule has 5 atom stereocenters. The number of fused-ring (bicyclic) bond motifs is 1. The van der Waals surface area contributed by atoms with Gasteiger partial charge in [-0.1, -0.05) is 129 Å². The lowest BCUT2D eigenvalue weighted by Gasteiger charge is -2.42. The Morgan fingerprint density at radius 3 is 2.38 bits per heavy atom. The summed E-state index contributed by atoms with van der Waals surface area (Å²) in [7, 11) is -1.81. The second-order valence-corrected chi connectivity index (χ2v) is 20.4. The van der Waals surface area contributed by atoms with Gasteiger partial charge in [0.25, 0.3) is 8.32 Å². The molecule has 0 bridgehead atoms. The molecular weight excluding hydrogens is 693 g/mol. The zero-order chi connectivity index (χ0) is 37.3. The first-order valence-electron chi connectivity index (χ1n) is 19.4. The third-order valence-corrected chi connectivity index (χ3v) is 17.1. The van der Waals surface area contributed by atoms with Crippen LogP contribution in [-0.2, 0) is 19.0 Å². The molecule has 1 saturated heterocycles. The number of esters is 1. The minimum Gasteiger partial charge on any atom is -0.469 e. The highest BCUT2D eigenvalue weighted by molar-refractivity contribution is 7.19. The van der Waals surface area contributed by atoms with Crippen molar-refractivity contribution in [2.45, 2.75) is 95.0 Å². The molecule has 0 spiro atoms. The molecule has 0 radical (unpaired) electrons. The number of methoxy groups -OCH3 is 1. The number of hydrogen-bond donors (Lipinski definition) is 1. The number of benzene rings is 3. The highest BCUT2D eigenvalue weighted by Gasteiger charge is 2.51. The summed E-state index contributed by atoms with van der Waals surface area (Å²) in [6, 6.07) is 31.7. The Hall–Kier alpha value is -3.59. The van der Waals surface area contributed by atoms with E-state index in [1.165, 1.54) is 27.6 Å². The molecule has 1 saturated carbocycles. The van der Waals surface area contributed by atoms with E-state index in [1.807, 2.05) is 47.7 Å². The fourth-order valence-electron chi connectivity index (χ4n) is 8.35. The van der Waals surface area contributed by atoms with Crippen molar-refractivity contribution in [2.24, 2.45) is 11.8 Å². The van der Waals surface area contributed by atoms with Crippen molar-refractivity contribution < 1.29 is 23.8 Å². The molecule has 1 N–H and O–H groups in total. The molecular formula is C46H56O5SSi. The average Bonchev–Trinajstić information content (AvgIpc) is 3.75. The monoisotopic (exact) mass is 748 g/mol. The van der Waals surface area contributed by atoms with Crippen molar-refractivity contribution in [1.82, 2.24) is 0 Å². The summed E-state index contributed by atoms with van der Waals surface area (Å²) >= 11 is 1.86. The van der Waals surface area contributed by atoms with Crippen molar-refractivity contribution in [3.8, 4) is 0 Å². The van der Waals surface area contributed by atoms with Crippen LogP contribution in [0.4, 0.5) is 0 Å². The van der Waals surface area contributed by atoms with Crippen LogP contribution in [0.3, 0.4) is 0 Å². The molecule has 280 valence electrons. The highest BCUT2D eigenvalue weighted by atomic mass is 32.1. The lowest BCUT2D eigenvalue weighted by Crippen LogP contribution is -2.65. The smallest absolute Gasteiger partial charge is 0.305 e. The minimum atomic E-state index is -3.25. The van der Waals surface area contributed by atoms with Gasteiger partial charge in [0, 0.05) is 34.4 Å². The van der Waals surface area contributed by atoms with Crippen LogP contribution in [0, 0.1) is 11.8 Å². The van der Waals surface area contributed by atoms with Crippen molar-refractivity contribution >= 4 is 46.1 Å². The zero-order valence-corrected chi connectivity index (χ0v) is 33.4. The summed E-state index contributed by atoms with van der Waals surface area (Å²) < 4.78 is 18.9. The maximum Gasteiger partial charge on any atom is 0.305 e. The normalized spacial score (nSPS) is 21.8. The van der Waals surface area contributed by atoms with Gasteiger partial charge in [-0.25, -0.2) is 0 Å². The summed E-state index contributed by atoms with van der Waals surface area (Å²) in [6.45, 7) is 9.86. The highest BCUT2D eigenvalue weighted by Crippen LogP contribution is 2.48. The third kappa shape index (κ3) is 9.38. The van der Waals surface area contributed by atoms with Crippen LogP contribution in [0.2, 0.25) is 5.04 Å². The zero-order valence-electron chi connectivity index (χ0n) is 31.6. The van der Waals surface area contributed by atoms with E-state index in [9.17, 15) is 9.59 Å². The largest absolute Gasteiger partial charge is 0.469 e. The topological polar surface area (TPSA) is 65.0 Å². The number of unbranched alkanes of at least 4 members (excludes halogenated alkanes) is 1. The molecule has 4 aromatic rings. The van der Waals surface area contributed by atoms with Gasteiger partial charge in [-0.3, -0.25) is 4.79 Å². The molecule has 0 amide bonds. The fraction of sp³-hybridized carbons (Fsp3) is 0.413.